The molecule has 0 unspecified atom stereocenters. The Hall–Kier alpha value is -1.14. The fourth-order valence-electron chi connectivity index (χ4n) is 1.07. The number of pyridine rings is 1. The largest absolute Gasteiger partial charge is 0.759 e. The average Bonchev–Trinajstić information content (AvgIpc) is 2.08. The van der Waals surface area contributed by atoms with Crippen LogP contribution in [0.5, 0.6) is 0 Å². The van der Waals surface area contributed by atoms with Crippen LogP contribution in [-0.2, 0) is 19.0 Å². The van der Waals surface area contributed by atoms with Crippen LogP contribution in [0.15, 0.2) is 11.1 Å². The van der Waals surface area contributed by atoms with E-state index in [0.717, 1.165) is 17.7 Å². The Balaban J connectivity index is 3.28. The third-order valence-electron chi connectivity index (χ3n) is 1.74. The van der Waals surface area contributed by atoms with Gasteiger partial charge in [-0.1, -0.05) is 11.9 Å². The van der Waals surface area contributed by atoms with E-state index in [1.807, 2.05) is 19.9 Å². The maximum Gasteiger partial charge on any atom is 0.0991 e. The predicted molar refractivity (Wildman–Crippen MR) is 48.7 cm³/mol. The summed E-state index contributed by atoms with van der Waals surface area (Å²) in [6.45, 7) is 3.97. The second kappa shape index (κ2) is 3.51. The lowest BCUT2D eigenvalue weighted by Gasteiger charge is -2.11. The molecule has 0 atom stereocenters. The molecule has 0 radical (unpaired) electrons. The van der Waals surface area contributed by atoms with Gasteiger partial charge in [-0.05, 0) is 25.0 Å². The van der Waals surface area contributed by atoms with E-state index in [1.54, 1.807) is 6.07 Å². The van der Waals surface area contributed by atoms with Gasteiger partial charge >= 0.3 is 0 Å². The van der Waals surface area contributed by atoms with E-state index in [0.29, 0.717) is 10.6 Å². The number of nitrogens with zero attached hydrogens (tertiary/aromatic N) is 2. The van der Waals surface area contributed by atoms with Crippen molar-refractivity contribution >= 4 is 12.6 Å². The molecule has 1 heterocycles. The number of rotatable bonds is 1. The van der Waals surface area contributed by atoms with Crippen LogP contribution in [0.3, 0.4) is 0 Å². The van der Waals surface area contributed by atoms with Gasteiger partial charge in [-0.2, -0.15) is 5.26 Å². The maximum absolute atomic E-state index is 8.65. The molecule has 0 fully saturated rings. The zero-order chi connectivity index (χ0) is 9.14. The number of nitriles is 1. The molecular formula is C9H9N2S-. The number of aryl methyl sites for hydroxylation is 2. The Labute approximate surface area is 77.7 Å². The maximum atomic E-state index is 8.65. The van der Waals surface area contributed by atoms with Crippen molar-refractivity contribution in [3.8, 4) is 6.07 Å². The van der Waals surface area contributed by atoms with E-state index in [-0.39, 0.29) is 0 Å². The fourth-order valence-corrected chi connectivity index (χ4v) is 1.29. The van der Waals surface area contributed by atoms with Crippen molar-refractivity contribution < 1.29 is 0 Å². The minimum Gasteiger partial charge on any atom is -0.759 e. The molecule has 0 bridgehead atoms. The van der Waals surface area contributed by atoms with E-state index in [4.69, 9.17) is 17.9 Å². The second-order valence-electron chi connectivity index (χ2n) is 2.57. The van der Waals surface area contributed by atoms with Gasteiger partial charge in [0.25, 0.3) is 0 Å². The van der Waals surface area contributed by atoms with Gasteiger partial charge in [0.05, 0.1) is 11.6 Å². The SMILES string of the molecule is CCc1nc([S-])c(C#N)cc1C. The predicted octanol–water partition coefficient (Wildman–Crippen LogP) is 1.73. The van der Waals surface area contributed by atoms with E-state index >= 15 is 0 Å². The molecule has 0 N–H and O–H groups in total. The molecule has 0 saturated heterocycles. The van der Waals surface area contributed by atoms with Crippen molar-refractivity contribution in [3.05, 3.63) is 22.9 Å². The molecular weight excluding hydrogens is 168 g/mol. The van der Waals surface area contributed by atoms with E-state index in [1.165, 1.54) is 0 Å². The summed E-state index contributed by atoms with van der Waals surface area (Å²) in [4.78, 5) is 4.15. The quantitative estimate of drug-likeness (QED) is 0.613. The Morgan fingerprint density at radius 2 is 2.33 bits per heavy atom. The van der Waals surface area contributed by atoms with Crippen molar-refractivity contribution in [1.82, 2.24) is 4.98 Å². The van der Waals surface area contributed by atoms with Crippen LogP contribution in [0, 0.1) is 18.3 Å². The molecule has 0 amide bonds. The minimum absolute atomic E-state index is 0.417. The van der Waals surface area contributed by atoms with Gasteiger partial charge in [-0.15, -0.1) is 0 Å². The van der Waals surface area contributed by atoms with Gasteiger partial charge in [0, 0.05) is 5.69 Å². The highest BCUT2D eigenvalue weighted by atomic mass is 32.1. The highest BCUT2D eigenvalue weighted by Gasteiger charge is 1.99. The smallest absolute Gasteiger partial charge is 0.0991 e. The third kappa shape index (κ3) is 1.54. The van der Waals surface area contributed by atoms with Crippen LogP contribution in [0.2, 0.25) is 0 Å². The lowest BCUT2D eigenvalue weighted by molar-refractivity contribution is 0.944. The molecule has 0 aliphatic rings. The summed E-state index contributed by atoms with van der Waals surface area (Å²) in [6, 6.07) is 3.82. The number of hydrogen-bond acceptors (Lipinski definition) is 3. The fraction of sp³-hybridized carbons (Fsp3) is 0.333. The third-order valence-corrected chi connectivity index (χ3v) is 2.05. The first-order chi connectivity index (χ1) is 5.69. The molecule has 0 aliphatic carbocycles. The normalized spacial score (nSPS) is 9.42. The van der Waals surface area contributed by atoms with Gasteiger partial charge in [0.15, 0.2) is 0 Å². The molecule has 3 heteroatoms. The number of hydrogen-bond donors (Lipinski definition) is 0. The molecule has 12 heavy (non-hydrogen) atoms. The van der Waals surface area contributed by atoms with Gasteiger partial charge in [0.2, 0.25) is 0 Å². The Morgan fingerprint density at radius 1 is 1.67 bits per heavy atom. The van der Waals surface area contributed by atoms with Crippen molar-refractivity contribution in [1.29, 1.82) is 5.26 Å². The Bertz CT molecular complexity index is 338. The molecule has 0 spiro atoms. The Morgan fingerprint density at radius 3 is 2.83 bits per heavy atom. The summed E-state index contributed by atoms with van der Waals surface area (Å²) in [5.74, 6) is 0. The molecule has 0 aromatic carbocycles. The summed E-state index contributed by atoms with van der Waals surface area (Å²) in [5.41, 5.74) is 2.53. The molecule has 1 aromatic rings. The second-order valence-corrected chi connectivity index (χ2v) is 2.96. The summed E-state index contributed by atoms with van der Waals surface area (Å²) in [7, 11) is 0. The van der Waals surface area contributed by atoms with Crippen molar-refractivity contribution in [2.75, 3.05) is 0 Å². The lowest BCUT2D eigenvalue weighted by atomic mass is 10.1. The van der Waals surface area contributed by atoms with Crippen LogP contribution < -0.4 is 0 Å². The van der Waals surface area contributed by atoms with E-state index in [9.17, 15) is 0 Å². The van der Waals surface area contributed by atoms with Crippen LogP contribution in [-0.4, -0.2) is 4.98 Å². The first kappa shape index (κ1) is 8.95. The van der Waals surface area contributed by atoms with Crippen LogP contribution in [0.4, 0.5) is 0 Å². The molecule has 0 aliphatic heterocycles. The van der Waals surface area contributed by atoms with Crippen LogP contribution in [0.1, 0.15) is 23.7 Å². The standard InChI is InChI=1S/C9H10N2S/c1-3-8-6(2)4-7(5-10)9(12)11-8/h4H,3H2,1-2H3,(H,11,12)/p-1. The van der Waals surface area contributed by atoms with Gasteiger partial charge in [0.1, 0.15) is 0 Å². The highest BCUT2D eigenvalue weighted by Crippen LogP contribution is 2.11. The molecule has 62 valence electrons. The van der Waals surface area contributed by atoms with Gasteiger partial charge < -0.3 is 12.6 Å². The van der Waals surface area contributed by atoms with Crippen LogP contribution >= 0.6 is 0 Å². The van der Waals surface area contributed by atoms with E-state index in [2.05, 4.69) is 4.98 Å². The summed E-state index contributed by atoms with van der Waals surface area (Å²) >= 11 is 4.93. The molecule has 1 aromatic heterocycles. The van der Waals surface area contributed by atoms with E-state index < -0.39 is 0 Å². The molecule has 2 nitrogen and oxygen atoms in total. The zero-order valence-electron chi connectivity index (χ0n) is 7.09. The highest BCUT2D eigenvalue weighted by molar-refractivity contribution is 7.58. The monoisotopic (exact) mass is 177 g/mol. The lowest BCUT2D eigenvalue weighted by Crippen LogP contribution is -1.96. The summed E-state index contributed by atoms with van der Waals surface area (Å²) < 4.78 is 0. The van der Waals surface area contributed by atoms with Crippen LogP contribution in [0.25, 0.3) is 0 Å². The summed E-state index contributed by atoms with van der Waals surface area (Å²) in [5, 5.41) is 9.07. The molecule has 1 rings (SSSR count). The first-order valence-electron chi connectivity index (χ1n) is 3.76. The average molecular weight is 177 g/mol. The summed E-state index contributed by atoms with van der Waals surface area (Å²) in [6.07, 6.45) is 0.862. The minimum atomic E-state index is 0.417. The Kier molecular flexibility index (Phi) is 2.61. The van der Waals surface area contributed by atoms with Gasteiger partial charge in [-0.25, -0.2) is 0 Å². The molecule has 0 saturated carbocycles. The zero-order valence-corrected chi connectivity index (χ0v) is 7.90. The number of aromatic nitrogens is 1. The van der Waals surface area contributed by atoms with Crippen molar-refractivity contribution in [3.63, 3.8) is 0 Å². The first-order valence-corrected chi connectivity index (χ1v) is 4.17. The van der Waals surface area contributed by atoms with Crippen molar-refractivity contribution in [2.45, 2.75) is 25.3 Å². The van der Waals surface area contributed by atoms with Crippen molar-refractivity contribution in [2.24, 2.45) is 0 Å². The topological polar surface area (TPSA) is 36.7 Å². The van der Waals surface area contributed by atoms with Gasteiger partial charge in [-0.3, -0.25) is 4.98 Å².